The van der Waals surface area contributed by atoms with Gasteiger partial charge in [0.1, 0.15) is 12.7 Å². The van der Waals surface area contributed by atoms with Crippen molar-refractivity contribution in [1.82, 2.24) is 14.5 Å². The summed E-state index contributed by atoms with van der Waals surface area (Å²) in [6.45, 7) is 4.32. The third kappa shape index (κ3) is 3.95. The molecule has 0 saturated carbocycles. The Morgan fingerprint density at radius 3 is 2.82 bits per heavy atom. The maximum atomic E-state index is 12.5. The number of carbonyl (C=O) groups excluding carboxylic acids is 1. The van der Waals surface area contributed by atoms with E-state index in [0.717, 1.165) is 19.3 Å². The van der Waals surface area contributed by atoms with Gasteiger partial charge in [-0.15, -0.1) is 12.4 Å². The van der Waals surface area contributed by atoms with Crippen LogP contribution in [-0.4, -0.2) is 43.9 Å². The number of hydrogen-bond acceptors (Lipinski definition) is 5. The molecule has 2 rings (SSSR count). The Kier molecular flexibility index (Phi) is 6.31. The van der Waals surface area contributed by atoms with E-state index in [4.69, 9.17) is 5.73 Å². The number of aromatic nitrogens is 2. The second kappa shape index (κ2) is 7.55. The van der Waals surface area contributed by atoms with Crippen LogP contribution in [0.1, 0.15) is 32.0 Å². The molecule has 1 aliphatic rings. The highest BCUT2D eigenvalue weighted by Gasteiger charge is 2.30. The van der Waals surface area contributed by atoms with E-state index in [9.17, 15) is 14.9 Å². The van der Waals surface area contributed by atoms with Gasteiger partial charge >= 0.3 is 5.82 Å². The molecule has 9 heteroatoms. The number of nitrogens with zero attached hydrogens (tertiary/aromatic N) is 4. The lowest BCUT2D eigenvalue weighted by atomic mass is 9.97. The number of likely N-dealkylation sites (tertiary alicyclic amines) is 1. The van der Waals surface area contributed by atoms with Gasteiger partial charge in [0.25, 0.3) is 0 Å². The zero-order valence-electron chi connectivity index (χ0n) is 12.8. The summed E-state index contributed by atoms with van der Waals surface area (Å²) in [6, 6.07) is -0.0301. The molecule has 1 aromatic rings. The van der Waals surface area contributed by atoms with Crippen molar-refractivity contribution in [1.29, 1.82) is 0 Å². The molecule has 2 atom stereocenters. The van der Waals surface area contributed by atoms with Crippen molar-refractivity contribution in [3.05, 3.63) is 22.1 Å². The standard InChI is InChI=1S/C13H21N5O3.ClH/c1-9(14)11-5-3-4-6-17(11)13(19)8-16-7-12(18(20)21)15-10(16)2;/h7,9,11H,3-6,8,14H2,1-2H3;1H. The number of halogens is 1. The lowest BCUT2D eigenvalue weighted by molar-refractivity contribution is -0.389. The number of aryl methyl sites for hydroxylation is 1. The molecule has 1 aliphatic heterocycles. The highest BCUT2D eigenvalue weighted by atomic mass is 35.5. The van der Waals surface area contributed by atoms with E-state index in [0.29, 0.717) is 12.4 Å². The smallest absolute Gasteiger partial charge is 0.358 e. The molecule has 1 saturated heterocycles. The van der Waals surface area contributed by atoms with Crippen LogP contribution >= 0.6 is 12.4 Å². The molecule has 124 valence electrons. The zero-order chi connectivity index (χ0) is 15.6. The molecular weight excluding hydrogens is 310 g/mol. The lowest BCUT2D eigenvalue weighted by Gasteiger charge is -2.38. The van der Waals surface area contributed by atoms with E-state index in [-0.39, 0.29) is 42.8 Å². The zero-order valence-corrected chi connectivity index (χ0v) is 13.6. The van der Waals surface area contributed by atoms with Gasteiger partial charge in [0.15, 0.2) is 0 Å². The van der Waals surface area contributed by atoms with E-state index in [2.05, 4.69) is 4.98 Å². The topological polar surface area (TPSA) is 107 Å². The van der Waals surface area contributed by atoms with Gasteiger partial charge in [-0.1, -0.05) is 0 Å². The van der Waals surface area contributed by atoms with E-state index in [1.54, 1.807) is 11.8 Å². The fraction of sp³-hybridized carbons (Fsp3) is 0.692. The lowest BCUT2D eigenvalue weighted by Crippen LogP contribution is -2.52. The van der Waals surface area contributed by atoms with Crippen LogP contribution in [0.3, 0.4) is 0 Å². The third-order valence-electron chi connectivity index (χ3n) is 3.93. The third-order valence-corrected chi connectivity index (χ3v) is 3.93. The summed E-state index contributed by atoms with van der Waals surface area (Å²) < 4.78 is 1.52. The highest BCUT2D eigenvalue weighted by molar-refractivity contribution is 5.85. The van der Waals surface area contributed by atoms with Crippen LogP contribution in [0.25, 0.3) is 0 Å². The molecule has 2 unspecified atom stereocenters. The second-order valence-electron chi connectivity index (χ2n) is 5.54. The van der Waals surface area contributed by atoms with Gasteiger partial charge in [-0.25, -0.2) is 0 Å². The molecule has 1 aromatic heterocycles. The summed E-state index contributed by atoms with van der Waals surface area (Å²) in [7, 11) is 0. The van der Waals surface area contributed by atoms with Crippen molar-refractivity contribution in [3.8, 4) is 0 Å². The largest absolute Gasteiger partial charge is 0.381 e. The number of rotatable bonds is 4. The molecule has 2 heterocycles. The molecule has 0 radical (unpaired) electrons. The van der Waals surface area contributed by atoms with Crippen LogP contribution in [-0.2, 0) is 11.3 Å². The first kappa shape index (κ1) is 18.4. The van der Waals surface area contributed by atoms with Gasteiger partial charge in [0.05, 0.1) is 0 Å². The molecule has 1 amide bonds. The molecule has 2 N–H and O–H groups in total. The first-order valence-corrected chi connectivity index (χ1v) is 7.13. The average molecular weight is 332 g/mol. The van der Waals surface area contributed by atoms with Crippen molar-refractivity contribution >= 4 is 24.1 Å². The number of piperidine rings is 1. The van der Waals surface area contributed by atoms with E-state index in [1.807, 2.05) is 6.92 Å². The number of nitro groups is 1. The number of hydrogen-bond donors (Lipinski definition) is 1. The minimum Gasteiger partial charge on any atom is -0.358 e. The van der Waals surface area contributed by atoms with Crippen LogP contribution in [0.2, 0.25) is 0 Å². The average Bonchev–Trinajstić information content (AvgIpc) is 2.80. The molecule has 0 bridgehead atoms. The summed E-state index contributed by atoms with van der Waals surface area (Å²) >= 11 is 0. The van der Waals surface area contributed by atoms with Crippen molar-refractivity contribution in [2.45, 2.75) is 51.7 Å². The fourth-order valence-electron chi connectivity index (χ4n) is 2.79. The Morgan fingerprint density at radius 2 is 2.27 bits per heavy atom. The Bertz CT molecular complexity index is 546. The van der Waals surface area contributed by atoms with Crippen molar-refractivity contribution in [2.75, 3.05) is 6.54 Å². The quantitative estimate of drug-likeness (QED) is 0.660. The van der Waals surface area contributed by atoms with Gasteiger partial charge < -0.3 is 20.7 Å². The van der Waals surface area contributed by atoms with Crippen molar-refractivity contribution in [2.24, 2.45) is 5.73 Å². The van der Waals surface area contributed by atoms with Gasteiger partial charge in [0, 0.05) is 25.6 Å². The van der Waals surface area contributed by atoms with Crippen LogP contribution in [0.15, 0.2) is 6.20 Å². The predicted octanol–water partition coefficient (Wildman–Crippen LogP) is 1.25. The molecular formula is C13H22ClN5O3. The van der Waals surface area contributed by atoms with Gasteiger partial charge in [-0.3, -0.25) is 9.36 Å². The Labute approximate surface area is 135 Å². The Balaban J connectivity index is 0.00000242. The summed E-state index contributed by atoms with van der Waals surface area (Å²) in [5, 5.41) is 10.7. The molecule has 0 spiro atoms. The van der Waals surface area contributed by atoms with Crippen molar-refractivity contribution < 1.29 is 9.72 Å². The van der Waals surface area contributed by atoms with Crippen LogP contribution in [0.4, 0.5) is 5.82 Å². The first-order valence-electron chi connectivity index (χ1n) is 7.13. The Morgan fingerprint density at radius 1 is 1.59 bits per heavy atom. The van der Waals surface area contributed by atoms with Gasteiger partial charge in [0.2, 0.25) is 11.7 Å². The summed E-state index contributed by atoms with van der Waals surface area (Å²) in [6.07, 6.45) is 4.26. The Hall–Kier alpha value is -1.67. The second-order valence-corrected chi connectivity index (χ2v) is 5.54. The van der Waals surface area contributed by atoms with E-state index in [1.165, 1.54) is 10.8 Å². The van der Waals surface area contributed by atoms with Crippen LogP contribution in [0.5, 0.6) is 0 Å². The van der Waals surface area contributed by atoms with Gasteiger partial charge in [-0.2, -0.15) is 0 Å². The van der Waals surface area contributed by atoms with E-state index >= 15 is 0 Å². The van der Waals surface area contributed by atoms with Crippen LogP contribution < -0.4 is 5.73 Å². The predicted molar refractivity (Wildman–Crippen MR) is 83.9 cm³/mol. The van der Waals surface area contributed by atoms with Crippen molar-refractivity contribution in [3.63, 3.8) is 0 Å². The monoisotopic (exact) mass is 331 g/mol. The summed E-state index contributed by atoms with van der Waals surface area (Å²) in [5.41, 5.74) is 5.96. The first-order chi connectivity index (χ1) is 9.90. The minimum absolute atomic E-state index is 0. The number of carbonyl (C=O) groups is 1. The highest BCUT2D eigenvalue weighted by Crippen LogP contribution is 2.20. The summed E-state index contributed by atoms with van der Waals surface area (Å²) in [5.74, 6) is 0.166. The number of nitrogens with two attached hydrogens (primary N) is 1. The maximum absolute atomic E-state index is 12.5. The molecule has 0 aliphatic carbocycles. The van der Waals surface area contributed by atoms with E-state index < -0.39 is 4.92 Å². The summed E-state index contributed by atoms with van der Waals surface area (Å²) in [4.78, 5) is 28.3. The SMILES string of the molecule is Cc1nc([N+](=O)[O-])cn1CC(=O)N1CCCCC1C(C)N.Cl. The normalized spacial score (nSPS) is 19.4. The number of amides is 1. The molecule has 8 nitrogen and oxygen atoms in total. The maximum Gasteiger partial charge on any atom is 0.381 e. The molecule has 0 aromatic carbocycles. The minimum atomic E-state index is -0.556. The number of imidazole rings is 1. The molecule has 22 heavy (non-hydrogen) atoms. The van der Waals surface area contributed by atoms with Gasteiger partial charge in [-0.05, 0) is 36.1 Å². The van der Waals surface area contributed by atoms with Crippen LogP contribution in [0, 0.1) is 17.0 Å². The fourth-order valence-corrected chi connectivity index (χ4v) is 2.79. The molecule has 1 fully saturated rings.